The van der Waals surface area contributed by atoms with Gasteiger partial charge in [0.15, 0.2) is 0 Å². The molecule has 1 fully saturated rings. The summed E-state index contributed by atoms with van der Waals surface area (Å²) in [7, 11) is 0. The zero-order valence-corrected chi connectivity index (χ0v) is 11.5. The lowest BCUT2D eigenvalue weighted by atomic mass is 10.1. The highest BCUT2D eigenvalue weighted by atomic mass is 32.1. The van der Waals surface area contributed by atoms with Crippen LogP contribution in [0.4, 0.5) is 0 Å². The maximum absolute atomic E-state index is 12.1. The second-order valence-electron chi connectivity index (χ2n) is 4.58. The van der Waals surface area contributed by atoms with E-state index in [0.29, 0.717) is 13.0 Å². The smallest absolute Gasteiger partial charge is 0.261 e. The van der Waals surface area contributed by atoms with Crippen molar-refractivity contribution in [3.05, 3.63) is 21.4 Å². The van der Waals surface area contributed by atoms with E-state index >= 15 is 0 Å². The van der Waals surface area contributed by atoms with Crippen molar-refractivity contribution in [3.8, 4) is 0 Å². The maximum atomic E-state index is 12.1. The van der Waals surface area contributed by atoms with E-state index in [1.165, 1.54) is 10.4 Å². The first-order chi connectivity index (χ1) is 8.60. The molecule has 1 unspecified atom stereocenters. The first-order valence-corrected chi connectivity index (χ1v) is 7.08. The third-order valence-electron chi connectivity index (χ3n) is 3.17. The minimum Gasteiger partial charge on any atom is -0.354 e. The van der Waals surface area contributed by atoms with Gasteiger partial charge in [0, 0.05) is 23.9 Å². The van der Waals surface area contributed by atoms with Crippen molar-refractivity contribution in [2.45, 2.75) is 39.2 Å². The Morgan fingerprint density at radius 3 is 2.94 bits per heavy atom. The number of hydrogen-bond acceptors (Lipinski definition) is 3. The van der Waals surface area contributed by atoms with E-state index in [1.807, 2.05) is 13.0 Å². The highest BCUT2D eigenvalue weighted by Gasteiger charge is 2.21. The van der Waals surface area contributed by atoms with Gasteiger partial charge in [0.25, 0.3) is 5.91 Å². The molecule has 0 aromatic carbocycles. The summed E-state index contributed by atoms with van der Waals surface area (Å²) in [6.45, 7) is 4.67. The van der Waals surface area contributed by atoms with E-state index in [4.69, 9.17) is 0 Å². The van der Waals surface area contributed by atoms with Gasteiger partial charge in [0.2, 0.25) is 5.91 Å². The van der Waals surface area contributed by atoms with Crippen LogP contribution in [0.2, 0.25) is 0 Å². The molecule has 98 valence electrons. The number of carbonyl (C=O) groups is 2. The molecule has 0 radical (unpaired) electrons. The Balaban J connectivity index is 1.96. The average molecular weight is 266 g/mol. The number of aryl methyl sites for hydroxylation is 2. The summed E-state index contributed by atoms with van der Waals surface area (Å²) in [5, 5.41) is 5.74. The van der Waals surface area contributed by atoms with Crippen LogP contribution in [-0.2, 0) is 11.2 Å². The van der Waals surface area contributed by atoms with Crippen LogP contribution in [0.3, 0.4) is 0 Å². The molecule has 18 heavy (non-hydrogen) atoms. The van der Waals surface area contributed by atoms with Gasteiger partial charge >= 0.3 is 0 Å². The summed E-state index contributed by atoms with van der Waals surface area (Å²) in [6.07, 6.45) is 2.18. The number of carbonyl (C=O) groups excluding carboxylic acids is 2. The average Bonchev–Trinajstić information content (AvgIpc) is 2.73. The van der Waals surface area contributed by atoms with Gasteiger partial charge in [0.05, 0.1) is 4.88 Å². The van der Waals surface area contributed by atoms with Gasteiger partial charge in [-0.3, -0.25) is 9.59 Å². The summed E-state index contributed by atoms with van der Waals surface area (Å²) in [4.78, 5) is 25.1. The van der Waals surface area contributed by atoms with Crippen LogP contribution in [-0.4, -0.2) is 24.4 Å². The molecule has 0 aliphatic carbocycles. The molecule has 1 aliphatic heterocycles. The summed E-state index contributed by atoms with van der Waals surface area (Å²) in [6, 6.07) is 2.00. The normalized spacial score (nSPS) is 19.4. The number of thiophene rings is 1. The molecule has 2 rings (SSSR count). The zero-order chi connectivity index (χ0) is 13.1. The lowest BCUT2D eigenvalue weighted by Gasteiger charge is -2.23. The highest BCUT2D eigenvalue weighted by molar-refractivity contribution is 7.14. The van der Waals surface area contributed by atoms with Crippen LogP contribution in [0.5, 0.6) is 0 Å². The van der Waals surface area contributed by atoms with Crippen molar-refractivity contribution in [2.24, 2.45) is 0 Å². The topological polar surface area (TPSA) is 58.2 Å². The van der Waals surface area contributed by atoms with E-state index in [2.05, 4.69) is 17.6 Å². The van der Waals surface area contributed by atoms with Crippen LogP contribution in [0, 0.1) is 6.92 Å². The second kappa shape index (κ2) is 5.52. The Labute approximate surface area is 111 Å². The molecule has 1 saturated heterocycles. The molecule has 1 aliphatic rings. The van der Waals surface area contributed by atoms with E-state index in [0.717, 1.165) is 17.7 Å². The monoisotopic (exact) mass is 266 g/mol. The predicted octanol–water partition coefficient (Wildman–Crippen LogP) is 1.63. The molecule has 1 atom stereocenters. The molecule has 2 amide bonds. The zero-order valence-electron chi connectivity index (χ0n) is 10.7. The van der Waals surface area contributed by atoms with Crippen LogP contribution in [0.25, 0.3) is 0 Å². The van der Waals surface area contributed by atoms with Crippen molar-refractivity contribution < 1.29 is 9.59 Å². The Morgan fingerprint density at radius 1 is 1.61 bits per heavy atom. The molecular formula is C13H18N2O2S. The Morgan fingerprint density at radius 2 is 2.39 bits per heavy atom. The molecule has 0 saturated carbocycles. The fraction of sp³-hybridized carbons (Fsp3) is 0.538. The highest BCUT2D eigenvalue weighted by Crippen LogP contribution is 2.22. The van der Waals surface area contributed by atoms with E-state index in [-0.39, 0.29) is 17.9 Å². The van der Waals surface area contributed by atoms with Gasteiger partial charge in [-0.15, -0.1) is 11.3 Å². The quantitative estimate of drug-likeness (QED) is 0.873. The first-order valence-electron chi connectivity index (χ1n) is 6.27. The van der Waals surface area contributed by atoms with Gasteiger partial charge < -0.3 is 10.6 Å². The van der Waals surface area contributed by atoms with Crippen molar-refractivity contribution >= 4 is 23.2 Å². The lowest BCUT2D eigenvalue weighted by Crippen LogP contribution is -2.47. The van der Waals surface area contributed by atoms with Gasteiger partial charge in [-0.05, 0) is 31.4 Å². The Kier molecular flexibility index (Phi) is 4.01. The number of rotatable bonds is 3. The second-order valence-corrected chi connectivity index (χ2v) is 5.72. The minimum atomic E-state index is -0.0241. The molecule has 4 nitrogen and oxygen atoms in total. The molecule has 2 N–H and O–H groups in total. The standard InChI is InChI=1S/C13H18N2O2S/c1-3-10-8(2)6-11(18-10)13(17)15-9-4-5-12(16)14-7-9/h6,9H,3-5,7H2,1-2H3,(H,14,16)(H,15,17). The van der Waals surface area contributed by atoms with Crippen LogP contribution in [0.1, 0.15) is 39.9 Å². The SMILES string of the molecule is CCc1sc(C(=O)NC2CCC(=O)NC2)cc1C. The van der Waals surface area contributed by atoms with Crippen LogP contribution >= 0.6 is 11.3 Å². The summed E-state index contributed by atoms with van der Waals surface area (Å²) in [5.41, 5.74) is 1.18. The van der Waals surface area contributed by atoms with Crippen molar-refractivity contribution in [2.75, 3.05) is 6.54 Å². The molecule has 0 spiro atoms. The van der Waals surface area contributed by atoms with Gasteiger partial charge in [-0.1, -0.05) is 6.92 Å². The fourth-order valence-corrected chi connectivity index (χ4v) is 3.11. The maximum Gasteiger partial charge on any atom is 0.261 e. The number of hydrogen-bond donors (Lipinski definition) is 2. The molecule has 1 aromatic heterocycles. The molecule has 5 heteroatoms. The molecule has 1 aromatic rings. The summed E-state index contributed by atoms with van der Waals surface area (Å²) in [5.74, 6) is 0.0460. The number of nitrogens with one attached hydrogen (secondary N) is 2. The molecular weight excluding hydrogens is 248 g/mol. The first kappa shape index (κ1) is 13.1. The van der Waals surface area contributed by atoms with E-state index < -0.39 is 0 Å². The van der Waals surface area contributed by atoms with E-state index in [9.17, 15) is 9.59 Å². The lowest BCUT2D eigenvalue weighted by molar-refractivity contribution is -0.122. The summed E-state index contributed by atoms with van der Waals surface area (Å²) < 4.78 is 0. The third-order valence-corrected chi connectivity index (χ3v) is 4.55. The molecule has 0 bridgehead atoms. The van der Waals surface area contributed by atoms with Gasteiger partial charge in [-0.25, -0.2) is 0 Å². The van der Waals surface area contributed by atoms with Crippen molar-refractivity contribution in [1.82, 2.24) is 10.6 Å². The van der Waals surface area contributed by atoms with Gasteiger partial charge in [-0.2, -0.15) is 0 Å². The Bertz CT molecular complexity index is 458. The fourth-order valence-electron chi connectivity index (χ4n) is 2.10. The van der Waals surface area contributed by atoms with E-state index in [1.54, 1.807) is 11.3 Å². The van der Waals surface area contributed by atoms with Crippen LogP contribution < -0.4 is 10.6 Å². The third kappa shape index (κ3) is 2.90. The minimum absolute atomic E-state index is 0.0241. The Hall–Kier alpha value is -1.36. The van der Waals surface area contributed by atoms with Gasteiger partial charge in [0.1, 0.15) is 0 Å². The largest absolute Gasteiger partial charge is 0.354 e. The van der Waals surface area contributed by atoms with Crippen molar-refractivity contribution in [1.29, 1.82) is 0 Å². The van der Waals surface area contributed by atoms with Crippen LogP contribution in [0.15, 0.2) is 6.07 Å². The van der Waals surface area contributed by atoms with Crippen molar-refractivity contribution in [3.63, 3.8) is 0 Å². The summed E-state index contributed by atoms with van der Waals surface area (Å²) >= 11 is 1.56. The predicted molar refractivity (Wildman–Crippen MR) is 71.9 cm³/mol. The number of piperidine rings is 1. The molecule has 2 heterocycles. The number of amides is 2.